The molecule has 56 heavy (non-hydrogen) atoms. The summed E-state index contributed by atoms with van der Waals surface area (Å²) < 4.78 is 63.9. The third kappa shape index (κ3) is 6.57. The van der Waals surface area contributed by atoms with E-state index in [1.807, 2.05) is 4.90 Å². The number of carbonyl (C=O) groups excluding carboxylic acids is 2. The molecule has 15 heteroatoms. The SMILES string of the molecule is C#Cc1c(F)ccc2cc(O)cc(-c3ncc4c(N5CC6CCC(C5)N6C(=O)OC(C)OC(=O)C(C)(C)C)nc(OC[C@@]56CCCN5C[C@H](F)C6)nc4c3F)c12. The molecule has 294 valence electrons. The average molecular weight is 773 g/mol. The minimum absolute atomic E-state index is 0.0717. The van der Waals surface area contributed by atoms with Gasteiger partial charge in [-0.05, 0) is 76.6 Å². The third-order valence-electron chi connectivity index (χ3n) is 11.5. The second kappa shape index (κ2) is 14.0. The van der Waals surface area contributed by atoms with Crippen LogP contribution >= 0.6 is 0 Å². The highest BCUT2D eigenvalue weighted by molar-refractivity contribution is 6.03. The van der Waals surface area contributed by atoms with Crippen LogP contribution in [0.4, 0.5) is 23.8 Å². The molecule has 2 bridgehead atoms. The van der Waals surface area contributed by atoms with Gasteiger partial charge < -0.3 is 24.2 Å². The molecule has 4 aliphatic rings. The first kappa shape index (κ1) is 37.6. The zero-order valence-corrected chi connectivity index (χ0v) is 31.7. The maximum Gasteiger partial charge on any atom is 0.413 e. The van der Waals surface area contributed by atoms with E-state index in [1.165, 1.54) is 37.4 Å². The van der Waals surface area contributed by atoms with Crippen LogP contribution in [0.3, 0.4) is 0 Å². The summed E-state index contributed by atoms with van der Waals surface area (Å²) in [4.78, 5) is 45.4. The smallest absolute Gasteiger partial charge is 0.413 e. The number of alkyl halides is 1. The van der Waals surface area contributed by atoms with E-state index in [2.05, 4.69) is 20.8 Å². The predicted octanol–water partition coefficient (Wildman–Crippen LogP) is 6.49. The Kier molecular flexibility index (Phi) is 9.38. The molecule has 0 saturated carbocycles. The van der Waals surface area contributed by atoms with Crippen LogP contribution in [0.5, 0.6) is 11.8 Å². The van der Waals surface area contributed by atoms with Gasteiger partial charge in [-0.25, -0.2) is 18.0 Å². The lowest BCUT2D eigenvalue weighted by molar-refractivity contribution is -0.175. The lowest BCUT2D eigenvalue weighted by Crippen LogP contribution is -2.56. The maximum atomic E-state index is 17.1. The summed E-state index contributed by atoms with van der Waals surface area (Å²) in [7, 11) is 0. The van der Waals surface area contributed by atoms with Crippen molar-refractivity contribution in [1.29, 1.82) is 0 Å². The predicted molar refractivity (Wildman–Crippen MR) is 201 cm³/mol. The van der Waals surface area contributed by atoms with Crippen LogP contribution in [0.2, 0.25) is 0 Å². The van der Waals surface area contributed by atoms with Gasteiger partial charge in [0.1, 0.15) is 41.4 Å². The number of pyridine rings is 1. The number of hydrogen-bond donors (Lipinski definition) is 1. The summed E-state index contributed by atoms with van der Waals surface area (Å²) in [5, 5.41) is 11.5. The quantitative estimate of drug-likeness (QED) is 0.126. The monoisotopic (exact) mass is 772 g/mol. The topological polar surface area (TPSA) is 130 Å². The third-order valence-corrected chi connectivity index (χ3v) is 11.5. The van der Waals surface area contributed by atoms with E-state index < -0.39 is 47.1 Å². The maximum absolute atomic E-state index is 17.1. The fraction of sp³-hybridized carbons (Fsp3) is 0.488. The number of carbonyl (C=O) groups is 2. The van der Waals surface area contributed by atoms with Gasteiger partial charge in [-0.2, -0.15) is 9.97 Å². The highest BCUT2D eigenvalue weighted by atomic mass is 19.1. The van der Waals surface area contributed by atoms with E-state index in [4.69, 9.17) is 25.6 Å². The lowest BCUT2D eigenvalue weighted by atomic mass is 9.95. The number of fused-ring (bicyclic) bond motifs is 5. The number of terminal acetylenes is 1. The Morgan fingerprint density at radius 1 is 1.11 bits per heavy atom. The van der Waals surface area contributed by atoms with Gasteiger partial charge >= 0.3 is 18.1 Å². The highest BCUT2D eigenvalue weighted by Gasteiger charge is 2.50. The number of aromatic hydroxyl groups is 1. The Balaban J connectivity index is 1.16. The van der Waals surface area contributed by atoms with Gasteiger partial charge in [-0.15, -0.1) is 6.42 Å². The fourth-order valence-corrected chi connectivity index (χ4v) is 8.84. The van der Waals surface area contributed by atoms with Gasteiger partial charge in [0.2, 0.25) is 6.29 Å². The second-order valence-electron chi connectivity index (χ2n) is 16.3. The summed E-state index contributed by atoms with van der Waals surface area (Å²) >= 11 is 0. The number of hydrogen-bond acceptors (Lipinski definition) is 11. The van der Waals surface area contributed by atoms with Gasteiger partial charge in [0.15, 0.2) is 5.82 Å². The van der Waals surface area contributed by atoms with E-state index in [0.29, 0.717) is 50.1 Å². The number of esters is 1. The van der Waals surface area contributed by atoms with Gasteiger partial charge in [-0.1, -0.05) is 12.0 Å². The Labute approximate surface area is 321 Å². The molecule has 4 aliphatic heterocycles. The fourth-order valence-electron chi connectivity index (χ4n) is 8.84. The van der Waals surface area contributed by atoms with E-state index in [0.717, 1.165) is 19.4 Å². The van der Waals surface area contributed by atoms with E-state index in [9.17, 15) is 23.5 Å². The van der Waals surface area contributed by atoms with Crippen molar-refractivity contribution in [3.05, 3.63) is 47.7 Å². The summed E-state index contributed by atoms with van der Waals surface area (Å²) in [5.41, 5.74) is -1.69. The Hall–Kier alpha value is -5.36. The van der Waals surface area contributed by atoms with E-state index in [1.54, 1.807) is 25.7 Å². The summed E-state index contributed by atoms with van der Waals surface area (Å²) in [6.45, 7) is 8.41. The van der Waals surface area contributed by atoms with Crippen LogP contribution in [-0.4, -0.2) is 105 Å². The summed E-state index contributed by atoms with van der Waals surface area (Å²) in [6, 6.07) is 4.58. The number of ether oxygens (including phenoxy) is 3. The molecular formula is C41H43F3N6O6. The van der Waals surface area contributed by atoms with Crippen molar-refractivity contribution >= 4 is 39.6 Å². The Morgan fingerprint density at radius 3 is 2.57 bits per heavy atom. The minimum atomic E-state index is -1.10. The van der Waals surface area contributed by atoms with Crippen LogP contribution in [0, 0.1) is 29.4 Å². The highest BCUT2D eigenvalue weighted by Crippen LogP contribution is 2.43. The molecule has 1 amide bonds. The van der Waals surface area contributed by atoms with Crippen molar-refractivity contribution in [3.8, 4) is 35.4 Å². The zero-order chi connectivity index (χ0) is 39.7. The first-order valence-electron chi connectivity index (χ1n) is 18.9. The normalized spacial score (nSPS) is 24.0. The first-order valence-corrected chi connectivity index (χ1v) is 18.9. The van der Waals surface area contributed by atoms with Crippen LogP contribution < -0.4 is 9.64 Å². The van der Waals surface area contributed by atoms with E-state index >= 15 is 4.39 Å². The molecule has 12 nitrogen and oxygen atoms in total. The first-order chi connectivity index (χ1) is 26.7. The molecule has 4 fully saturated rings. The number of anilines is 1. The molecule has 2 aromatic heterocycles. The number of nitrogens with zero attached hydrogens (tertiary/aromatic N) is 6. The molecule has 4 saturated heterocycles. The van der Waals surface area contributed by atoms with Crippen molar-refractivity contribution in [2.24, 2.45) is 5.41 Å². The Morgan fingerprint density at radius 2 is 1.86 bits per heavy atom. The number of phenolic OH excluding ortho intramolecular Hbond substituents is 1. The number of aromatic nitrogens is 3. The van der Waals surface area contributed by atoms with Crippen LogP contribution in [0.1, 0.15) is 65.4 Å². The molecule has 1 N–H and O–H groups in total. The van der Waals surface area contributed by atoms with Crippen molar-refractivity contribution < 1.29 is 42.1 Å². The summed E-state index contributed by atoms with van der Waals surface area (Å²) in [5.74, 6) is 0.421. The number of amides is 1. The Bertz CT molecular complexity index is 2280. The minimum Gasteiger partial charge on any atom is -0.508 e. The molecule has 2 aromatic carbocycles. The van der Waals surface area contributed by atoms with Crippen molar-refractivity contribution in [2.75, 3.05) is 37.7 Å². The molecule has 4 aromatic rings. The van der Waals surface area contributed by atoms with E-state index in [-0.39, 0.29) is 63.6 Å². The average Bonchev–Trinajstić information content (AvgIpc) is 3.76. The largest absolute Gasteiger partial charge is 0.508 e. The standard InChI is InChI=1S/C41H43F3N6O6/c1-6-28-31(43)11-8-23-14-27(51)15-29(32(23)28)34-33(44)35-30(17-45-34)36(47-38(46-35)54-21-41-12-7-13-49(41)18-24(42)16-41)48-19-25-9-10-26(20-48)50(25)39(53)56-22(2)55-37(52)40(3,4)5/h1,8,11,14-15,17,22,24-26,51H,7,9-10,12-13,16,18-21H2,2-5H3/t22?,24-,25?,26?,41+/m1/s1. The molecule has 0 radical (unpaired) electrons. The van der Waals surface area contributed by atoms with Gasteiger partial charge in [0.25, 0.3) is 0 Å². The van der Waals surface area contributed by atoms with Gasteiger partial charge in [0, 0.05) is 50.1 Å². The molecule has 0 spiro atoms. The second-order valence-corrected chi connectivity index (χ2v) is 16.3. The van der Waals surface area contributed by atoms with Gasteiger partial charge in [0.05, 0.1) is 34.0 Å². The van der Waals surface area contributed by atoms with Crippen molar-refractivity contribution in [2.45, 2.75) is 89.9 Å². The molecule has 6 heterocycles. The van der Waals surface area contributed by atoms with Crippen molar-refractivity contribution in [3.63, 3.8) is 0 Å². The zero-order valence-electron chi connectivity index (χ0n) is 31.7. The molecule has 8 rings (SSSR count). The lowest BCUT2D eigenvalue weighted by Gasteiger charge is -2.41. The number of piperazine rings is 1. The van der Waals surface area contributed by atoms with Gasteiger partial charge in [-0.3, -0.25) is 19.6 Å². The van der Waals surface area contributed by atoms with Crippen molar-refractivity contribution in [1.82, 2.24) is 24.8 Å². The molecular weight excluding hydrogens is 729 g/mol. The van der Waals surface area contributed by atoms with Crippen LogP contribution in [0.25, 0.3) is 32.9 Å². The van der Waals surface area contributed by atoms with Crippen LogP contribution in [0.15, 0.2) is 30.5 Å². The number of halogens is 3. The molecule has 3 unspecified atom stereocenters. The number of benzene rings is 2. The molecule has 5 atom stereocenters. The molecule has 0 aliphatic carbocycles. The van der Waals surface area contributed by atoms with Crippen LogP contribution in [-0.2, 0) is 14.3 Å². The number of phenols is 1. The summed E-state index contributed by atoms with van der Waals surface area (Å²) in [6.07, 6.45) is 7.72. The number of rotatable bonds is 7.